The summed E-state index contributed by atoms with van der Waals surface area (Å²) >= 11 is 0. The van der Waals surface area contributed by atoms with Crippen molar-refractivity contribution >= 4 is 11.9 Å². The molecule has 0 saturated carbocycles. The van der Waals surface area contributed by atoms with Gasteiger partial charge in [0, 0.05) is 12.5 Å². The lowest BCUT2D eigenvalue weighted by atomic mass is 10.1. The van der Waals surface area contributed by atoms with Crippen LogP contribution in [0.2, 0.25) is 0 Å². The lowest BCUT2D eigenvalue weighted by molar-refractivity contribution is -0.131. The fraction of sp³-hybridized carbons (Fsp3) is 0.200. The van der Waals surface area contributed by atoms with Crippen LogP contribution in [0.1, 0.15) is 22.8 Å². The van der Waals surface area contributed by atoms with Gasteiger partial charge in [0.25, 0.3) is 0 Å². The molecule has 0 unspecified atom stereocenters. The van der Waals surface area contributed by atoms with Gasteiger partial charge in [-0.3, -0.25) is 4.79 Å². The summed E-state index contributed by atoms with van der Waals surface area (Å²) in [5.41, 5.74) is 1.30. The second-order valence-electron chi connectivity index (χ2n) is 2.99. The lowest BCUT2D eigenvalue weighted by Crippen LogP contribution is -2.02. The number of fused-ring (bicyclic) bond motifs is 1. The van der Waals surface area contributed by atoms with Crippen LogP contribution in [0.5, 0.6) is 5.75 Å². The maximum atomic E-state index is 11.1. The Labute approximate surface area is 80.4 Å². The number of carbonyl (C=O) groups is 2. The van der Waals surface area contributed by atoms with Crippen molar-refractivity contribution < 1.29 is 19.1 Å². The van der Waals surface area contributed by atoms with Crippen LogP contribution in [-0.2, 0) is 16.1 Å². The Morgan fingerprint density at radius 1 is 1.50 bits per heavy atom. The molecule has 1 heterocycles. The first-order valence-corrected chi connectivity index (χ1v) is 4.15. The number of carbonyl (C=O) groups excluding carboxylic acids is 2. The van der Waals surface area contributed by atoms with Gasteiger partial charge < -0.3 is 9.47 Å². The van der Waals surface area contributed by atoms with Gasteiger partial charge in [0.1, 0.15) is 12.4 Å². The predicted octanol–water partition coefficient (Wildman–Crippen LogP) is 1.28. The number of hydrogen-bond donors (Lipinski definition) is 0. The molecule has 4 nitrogen and oxygen atoms in total. The van der Waals surface area contributed by atoms with Crippen LogP contribution in [0.3, 0.4) is 0 Å². The lowest BCUT2D eigenvalue weighted by Gasteiger charge is -2.01. The third-order valence-corrected chi connectivity index (χ3v) is 1.92. The summed E-state index contributed by atoms with van der Waals surface area (Å²) in [6, 6.07) is 4.82. The van der Waals surface area contributed by atoms with Gasteiger partial charge in [0.2, 0.25) is 0 Å². The van der Waals surface area contributed by atoms with E-state index in [9.17, 15) is 9.59 Å². The van der Waals surface area contributed by atoms with E-state index in [0.29, 0.717) is 11.3 Å². The molecular formula is C10H8O4. The third-order valence-electron chi connectivity index (χ3n) is 1.92. The molecule has 0 spiro atoms. The number of ether oxygens (including phenoxy) is 2. The van der Waals surface area contributed by atoms with E-state index in [0.717, 1.165) is 5.56 Å². The average molecular weight is 192 g/mol. The van der Waals surface area contributed by atoms with Gasteiger partial charge in [-0.25, -0.2) is 4.79 Å². The van der Waals surface area contributed by atoms with Crippen LogP contribution in [0.15, 0.2) is 18.2 Å². The Balaban J connectivity index is 2.32. The first-order chi connectivity index (χ1) is 6.66. The minimum Gasteiger partial charge on any atom is -0.457 e. The van der Waals surface area contributed by atoms with Crippen molar-refractivity contribution in [2.24, 2.45) is 0 Å². The van der Waals surface area contributed by atoms with E-state index in [-0.39, 0.29) is 18.5 Å². The molecule has 0 amide bonds. The molecule has 0 fully saturated rings. The van der Waals surface area contributed by atoms with Crippen LogP contribution in [-0.4, -0.2) is 11.9 Å². The molecule has 0 atom stereocenters. The Bertz CT molecular complexity index is 409. The fourth-order valence-corrected chi connectivity index (χ4v) is 1.34. The highest BCUT2D eigenvalue weighted by atomic mass is 16.5. The summed E-state index contributed by atoms with van der Waals surface area (Å²) in [4.78, 5) is 21.7. The Hall–Kier alpha value is -1.84. The minimum atomic E-state index is -0.379. The molecule has 0 bridgehead atoms. The zero-order valence-electron chi connectivity index (χ0n) is 7.57. The molecule has 0 saturated heterocycles. The van der Waals surface area contributed by atoms with Crippen LogP contribution in [0.4, 0.5) is 0 Å². The van der Waals surface area contributed by atoms with E-state index in [1.165, 1.54) is 6.92 Å². The molecular weight excluding hydrogens is 184 g/mol. The summed E-state index contributed by atoms with van der Waals surface area (Å²) in [6.07, 6.45) is 0. The molecule has 1 aliphatic rings. The molecule has 0 aromatic heterocycles. The van der Waals surface area contributed by atoms with Crippen LogP contribution in [0.25, 0.3) is 0 Å². The van der Waals surface area contributed by atoms with Crippen LogP contribution < -0.4 is 4.74 Å². The summed E-state index contributed by atoms with van der Waals surface area (Å²) in [7, 11) is 0. The summed E-state index contributed by atoms with van der Waals surface area (Å²) in [5.74, 6) is -0.265. The normalized spacial score (nSPS) is 13.4. The van der Waals surface area contributed by atoms with Crippen molar-refractivity contribution in [1.82, 2.24) is 0 Å². The second kappa shape index (κ2) is 3.14. The molecule has 1 aromatic rings. The number of cyclic esters (lactones) is 1. The fourth-order valence-electron chi connectivity index (χ4n) is 1.34. The van der Waals surface area contributed by atoms with E-state index in [2.05, 4.69) is 0 Å². The Morgan fingerprint density at radius 2 is 2.29 bits per heavy atom. The van der Waals surface area contributed by atoms with Gasteiger partial charge in [-0.2, -0.15) is 0 Å². The van der Waals surface area contributed by atoms with Crippen LogP contribution >= 0.6 is 0 Å². The zero-order valence-corrected chi connectivity index (χ0v) is 7.57. The Morgan fingerprint density at radius 3 is 3.00 bits per heavy atom. The van der Waals surface area contributed by atoms with Crippen molar-refractivity contribution in [2.45, 2.75) is 13.5 Å². The van der Waals surface area contributed by atoms with Crippen molar-refractivity contribution in [3.8, 4) is 5.75 Å². The molecule has 0 radical (unpaired) electrons. The predicted molar refractivity (Wildman–Crippen MR) is 46.9 cm³/mol. The third kappa shape index (κ3) is 1.46. The average Bonchev–Trinajstić information content (AvgIpc) is 2.46. The van der Waals surface area contributed by atoms with Crippen molar-refractivity contribution in [1.29, 1.82) is 0 Å². The summed E-state index contributed by atoms with van der Waals surface area (Å²) < 4.78 is 9.67. The number of rotatable bonds is 1. The maximum absolute atomic E-state index is 11.1. The minimum absolute atomic E-state index is 0.253. The largest absolute Gasteiger partial charge is 0.457 e. The van der Waals surface area contributed by atoms with Gasteiger partial charge >= 0.3 is 11.9 Å². The first kappa shape index (κ1) is 8.74. The number of hydrogen-bond acceptors (Lipinski definition) is 4. The quantitative estimate of drug-likeness (QED) is 0.496. The Kier molecular flexibility index (Phi) is 1.96. The molecule has 1 aliphatic heterocycles. The van der Waals surface area contributed by atoms with Gasteiger partial charge in [-0.1, -0.05) is 0 Å². The molecule has 14 heavy (non-hydrogen) atoms. The molecule has 0 N–H and O–H groups in total. The standard InChI is InChI=1S/C10H8O4/c1-6(11)14-8-2-3-9-7(4-8)5-13-10(9)12/h2-4H,5H2,1H3. The first-order valence-electron chi connectivity index (χ1n) is 4.15. The van der Waals surface area contributed by atoms with E-state index in [1.54, 1.807) is 18.2 Å². The molecule has 4 heteroatoms. The van der Waals surface area contributed by atoms with Gasteiger partial charge in [0.05, 0.1) is 5.56 Å². The van der Waals surface area contributed by atoms with Gasteiger partial charge in [-0.15, -0.1) is 0 Å². The highest BCUT2D eigenvalue weighted by molar-refractivity contribution is 5.93. The van der Waals surface area contributed by atoms with Crippen LogP contribution in [0, 0.1) is 0 Å². The van der Waals surface area contributed by atoms with Gasteiger partial charge in [-0.05, 0) is 18.2 Å². The highest BCUT2D eigenvalue weighted by Gasteiger charge is 2.21. The van der Waals surface area contributed by atoms with E-state index in [4.69, 9.17) is 9.47 Å². The summed E-state index contributed by atoms with van der Waals surface area (Å²) in [5, 5.41) is 0. The topological polar surface area (TPSA) is 52.6 Å². The van der Waals surface area contributed by atoms with Crippen molar-refractivity contribution in [2.75, 3.05) is 0 Å². The molecule has 0 aliphatic carbocycles. The number of benzene rings is 1. The zero-order chi connectivity index (χ0) is 10.1. The molecule has 2 rings (SSSR count). The smallest absolute Gasteiger partial charge is 0.338 e. The van der Waals surface area contributed by atoms with E-state index < -0.39 is 0 Å². The van der Waals surface area contributed by atoms with Crippen molar-refractivity contribution in [3.63, 3.8) is 0 Å². The SMILES string of the molecule is CC(=O)Oc1ccc2c(c1)COC2=O. The monoisotopic (exact) mass is 192 g/mol. The maximum Gasteiger partial charge on any atom is 0.338 e. The summed E-state index contributed by atoms with van der Waals surface area (Å²) in [6.45, 7) is 1.58. The highest BCUT2D eigenvalue weighted by Crippen LogP contribution is 2.24. The number of esters is 2. The molecule has 1 aromatic carbocycles. The van der Waals surface area contributed by atoms with E-state index >= 15 is 0 Å². The second-order valence-corrected chi connectivity index (χ2v) is 2.99. The van der Waals surface area contributed by atoms with E-state index in [1.807, 2.05) is 0 Å². The van der Waals surface area contributed by atoms with Crippen molar-refractivity contribution in [3.05, 3.63) is 29.3 Å². The van der Waals surface area contributed by atoms with Gasteiger partial charge in [0.15, 0.2) is 0 Å². The molecule has 72 valence electrons.